The standard InChI is InChI=1S/C15H15ClN2O4/c1-8-6-10(19)14-11(3-2-9(16)13(8)14)22-7-12(20)18-5-4-17-15(18)21/h2-3,8H,4-7H2,1H3,(H,17,21). The summed E-state index contributed by atoms with van der Waals surface area (Å²) in [5, 5.41) is 3.08. The van der Waals surface area contributed by atoms with Crippen LogP contribution in [0.2, 0.25) is 5.02 Å². The van der Waals surface area contributed by atoms with Gasteiger partial charge in [0.15, 0.2) is 12.4 Å². The van der Waals surface area contributed by atoms with Crippen molar-refractivity contribution < 1.29 is 19.1 Å². The number of carbonyl (C=O) groups excluding carboxylic acids is 3. The number of ketones is 1. The van der Waals surface area contributed by atoms with Crippen LogP contribution in [0.25, 0.3) is 0 Å². The van der Waals surface area contributed by atoms with Gasteiger partial charge in [-0.25, -0.2) is 4.79 Å². The second-order valence-electron chi connectivity index (χ2n) is 5.43. The Balaban J connectivity index is 1.78. The maximum Gasteiger partial charge on any atom is 0.324 e. The van der Waals surface area contributed by atoms with Gasteiger partial charge in [-0.05, 0) is 23.6 Å². The average molecular weight is 323 g/mol. The molecule has 0 bridgehead atoms. The van der Waals surface area contributed by atoms with Gasteiger partial charge in [-0.2, -0.15) is 0 Å². The zero-order valence-electron chi connectivity index (χ0n) is 12.0. The monoisotopic (exact) mass is 322 g/mol. The van der Waals surface area contributed by atoms with Crippen molar-refractivity contribution in [3.63, 3.8) is 0 Å². The molecule has 1 aliphatic heterocycles. The second kappa shape index (κ2) is 5.61. The van der Waals surface area contributed by atoms with Crippen LogP contribution in [0.3, 0.4) is 0 Å². The Bertz CT molecular complexity index is 674. The van der Waals surface area contributed by atoms with E-state index in [0.717, 1.165) is 10.5 Å². The summed E-state index contributed by atoms with van der Waals surface area (Å²) in [5.74, 6) is -0.0797. The molecular formula is C15H15ClN2O4. The van der Waals surface area contributed by atoms with Gasteiger partial charge in [0, 0.05) is 24.5 Å². The quantitative estimate of drug-likeness (QED) is 0.923. The van der Waals surface area contributed by atoms with E-state index in [9.17, 15) is 14.4 Å². The maximum absolute atomic E-state index is 12.1. The van der Waals surface area contributed by atoms with Crippen molar-refractivity contribution in [2.75, 3.05) is 19.7 Å². The summed E-state index contributed by atoms with van der Waals surface area (Å²) >= 11 is 6.15. The molecule has 6 nitrogen and oxygen atoms in total. The first-order valence-electron chi connectivity index (χ1n) is 7.05. The van der Waals surface area contributed by atoms with E-state index in [1.165, 1.54) is 0 Å². The summed E-state index contributed by atoms with van der Waals surface area (Å²) in [6, 6.07) is 2.84. The van der Waals surface area contributed by atoms with Crippen LogP contribution in [0.1, 0.15) is 35.2 Å². The number of halogens is 1. The molecule has 1 saturated heterocycles. The number of hydrogen-bond acceptors (Lipinski definition) is 4. The largest absolute Gasteiger partial charge is 0.483 e. The number of nitrogens with one attached hydrogen (secondary N) is 1. The lowest BCUT2D eigenvalue weighted by atomic mass is 10.0. The number of hydrogen-bond donors (Lipinski definition) is 1. The molecule has 1 atom stereocenters. The van der Waals surface area contributed by atoms with Gasteiger partial charge in [0.25, 0.3) is 5.91 Å². The van der Waals surface area contributed by atoms with E-state index >= 15 is 0 Å². The van der Waals surface area contributed by atoms with Crippen LogP contribution in [-0.2, 0) is 4.79 Å². The number of carbonyl (C=O) groups is 3. The van der Waals surface area contributed by atoms with Crippen LogP contribution >= 0.6 is 11.6 Å². The Morgan fingerprint density at radius 3 is 2.91 bits per heavy atom. The minimum Gasteiger partial charge on any atom is -0.483 e. The van der Waals surface area contributed by atoms with Crippen LogP contribution < -0.4 is 10.1 Å². The number of Topliss-reactive ketones (excluding diaryl/α,β-unsaturated/α-hetero) is 1. The van der Waals surface area contributed by atoms with Gasteiger partial charge in [0.05, 0.1) is 5.56 Å². The number of urea groups is 1. The van der Waals surface area contributed by atoms with E-state index in [-0.39, 0.29) is 18.3 Å². The molecule has 2 aliphatic rings. The lowest BCUT2D eigenvalue weighted by molar-refractivity contribution is -0.129. The van der Waals surface area contributed by atoms with E-state index in [1.807, 2.05) is 6.92 Å². The number of ether oxygens (including phenoxy) is 1. The highest BCUT2D eigenvalue weighted by atomic mass is 35.5. The average Bonchev–Trinajstić information content (AvgIpc) is 3.02. The fraction of sp³-hybridized carbons (Fsp3) is 0.400. The van der Waals surface area contributed by atoms with Gasteiger partial charge >= 0.3 is 6.03 Å². The van der Waals surface area contributed by atoms with Gasteiger partial charge in [0.1, 0.15) is 5.75 Å². The summed E-state index contributed by atoms with van der Waals surface area (Å²) in [5.41, 5.74) is 1.23. The molecule has 3 amide bonds. The van der Waals surface area contributed by atoms with E-state index in [2.05, 4.69) is 5.32 Å². The SMILES string of the molecule is CC1CC(=O)c2c(OCC(=O)N3CCNC3=O)ccc(Cl)c21. The number of amides is 3. The Kier molecular flexibility index (Phi) is 3.78. The summed E-state index contributed by atoms with van der Waals surface area (Å²) in [6.07, 6.45) is 0.387. The van der Waals surface area contributed by atoms with Crippen molar-refractivity contribution in [3.8, 4) is 5.75 Å². The third-order valence-electron chi connectivity index (χ3n) is 3.93. The molecule has 1 aromatic rings. The fourth-order valence-corrected chi connectivity index (χ4v) is 3.22. The molecule has 7 heteroatoms. The summed E-state index contributed by atoms with van der Waals surface area (Å²) in [4.78, 5) is 36.6. The second-order valence-corrected chi connectivity index (χ2v) is 5.84. The van der Waals surface area contributed by atoms with Crippen LogP contribution in [0.15, 0.2) is 12.1 Å². The molecule has 0 radical (unpaired) electrons. The highest BCUT2D eigenvalue weighted by Gasteiger charge is 2.32. The molecule has 1 fully saturated rings. The first kappa shape index (κ1) is 14.8. The Labute approximate surface area is 132 Å². The van der Waals surface area contributed by atoms with E-state index in [0.29, 0.717) is 35.8 Å². The molecule has 22 heavy (non-hydrogen) atoms. The van der Waals surface area contributed by atoms with Crippen molar-refractivity contribution in [1.29, 1.82) is 0 Å². The van der Waals surface area contributed by atoms with E-state index in [4.69, 9.17) is 16.3 Å². The zero-order valence-corrected chi connectivity index (χ0v) is 12.8. The third-order valence-corrected chi connectivity index (χ3v) is 4.26. The summed E-state index contributed by atoms with van der Waals surface area (Å²) < 4.78 is 5.49. The molecule has 1 aliphatic carbocycles. The molecule has 0 aromatic heterocycles. The first-order chi connectivity index (χ1) is 10.5. The van der Waals surface area contributed by atoms with Gasteiger partial charge in [0.2, 0.25) is 0 Å². The van der Waals surface area contributed by atoms with Gasteiger partial charge in [-0.1, -0.05) is 18.5 Å². The van der Waals surface area contributed by atoms with Crippen molar-refractivity contribution in [1.82, 2.24) is 10.2 Å². The third kappa shape index (κ3) is 2.43. The molecule has 0 spiro atoms. The molecular weight excluding hydrogens is 308 g/mol. The molecule has 0 saturated carbocycles. The number of rotatable bonds is 3. The van der Waals surface area contributed by atoms with Crippen LogP contribution in [0, 0.1) is 0 Å². The van der Waals surface area contributed by atoms with Crippen molar-refractivity contribution in [2.24, 2.45) is 0 Å². The van der Waals surface area contributed by atoms with Crippen LogP contribution in [-0.4, -0.2) is 42.3 Å². The van der Waals surface area contributed by atoms with Crippen LogP contribution in [0.4, 0.5) is 4.79 Å². The van der Waals surface area contributed by atoms with Gasteiger partial charge in [-0.3, -0.25) is 14.5 Å². The topological polar surface area (TPSA) is 75.7 Å². The Morgan fingerprint density at radius 2 is 2.23 bits per heavy atom. The molecule has 1 heterocycles. The Hall–Kier alpha value is -2.08. The molecule has 1 N–H and O–H groups in total. The van der Waals surface area contributed by atoms with Crippen molar-refractivity contribution in [3.05, 3.63) is 28.3 Å². The summed E-state index contributed by atoms with van der Waals surface area (Å²) in [7, 11) is 0. The van der Waals surface area contributed by atoms with Crippen LogP contribution in [0.5, 0.6) is 5.75 Å². The van der Waals surface area contributed by atoms with Gasteiger partial charge < -0.3 is 10.1 Å². The number of imide groups is 1. The minimum absolute atomic E-state index is 0.0358. The number of fused-ring (bicyclic) bond motifs is 1. The molecule has 116 valence electrons. The predicted molar refractivity (Wildman–Crippen MR) is 79.4 cm³/mol. The van der Waals surface area contributed by atoms with E-state index in [1.54, 1.807) is 12.1 Å². The highest BCUT2D eigenvalue weighted by Crippen LogP contribution is 2.42. The van der Waals surface area contributed by atoms with Crippen molar-refractivity contribution >= 4 is 29.3 Å². The zero-order chi connectivity index (χ0) is 15.9. The molecule has 1 aromatic carbocycles. The lowest BCUT2D eigenvalue weighted by Gasteiger charge is -2.15. The van der Waals surface area contributed by atoms with E-state index < -0.39 is 11.9 Å². The molecule has 1 unspecified atom stereocenters. The van der Waals surface area contributed by atoms with Crippen molar-refractivity contribution in [2.45, 2.75) is 19.3 Å². The predicted octanol–water partition coefficient (Wildman–Crippen LogP) is 1.96. The lowest BCUT2D eigenvalue weighted by Crippen LogP contribution is -2.37. The van der Waals surface area contributed by atoms with Gasteiger partial charge in [-0.15, -0.1) is 0 Å². The summed E-state index contributed by atoms with van der Waals surface area (Å²) in [6.45, 7) is 2.41. The number of nitrogens with zero attached hydrogens (tertiary/aromatic N) is 1. The first-order valence-corrected chi connectivity index (χ1v) is 7.43. The highest BCUT2D eigenvalue weighted by molar-refractivity contribution is 6.32. The maximum atomic E-state index is 12.1. The Morgan fingerprint density at radius 1 is 1.45 bits per heavy atom. The normalized spacial score (nSPS) is 20.1. The smallest absolute Gasteiger partial charge is 0.324 e. The number of benzene rings is 1. The molecule has 3 rings (SSSR count). The minimum atomic E-state index is -0.433. The fourth-order valence-electron chi connectivity index (χ4n) is 2.87.